The molecule has 1 aliphatic carbocycles. The van der Waals surface area contributed by atoms with Gasteiger partial charge in [0.05, 0.1) is 29.6 Å². The van der Waals surface area contributed by atoms with Gasteiger partial charge in [0, 0.05) is 30.2 Å². The SMILES string of the molecule is Cn1cc(C(O)(O)N2C(=O)c3cc(SNC4(C)CC4)ccc3N3CCN=C32)cn1. The highest BCUT2D eigenvalue weighted by Crippen LogP contribution is 2.40. The normalized spacial score (nSPS) is 19.9. The van der Waals surface area contributed by atoms with Crippen LogP contribution in [-0.4, -0.2) is 55.4 Å². The fourth-order valence-electron chi connectivity index (χ4n) is 3.53. The minimum Gasteiger partial charge on any atom is -0.344 e. The summed E-state index contributed by atoms with van der Waals surface area (Å²) < 4.78 is 4.88. The largest absolute Gasteiger partial charge is 0.344 e. The lowest BCUT2D eigenvalue weighted by Gasteiger charge is -2.41. The Kier molecular flexibility index (Phi) is 4.04. The van der Waals surface area contributed by atoms with Crippen molar-refractivity contribution >= 4 is 29.5 Å². The average Bonchev–Trinajstić information content (AvgIpc) is 3.07. The Morgan fingerprint density at radius 1 is 1.31 bits per heavy atom. The Balaban J connectivity index is 1.53. The molecule has 5 rings (SSSR count). The molecule has 0 unspecified atom stereocenters. The summed E-state index contributed by atoms with van der Waals surface area (Å²) in [7, 11) is 1.67. The summed E-state index contributed by atoms with van der Waals surface area (Å²) in [5, 5.41) is 25.9. The van der Waals surface area contributed by atoms with Crippen LogP contribution in [0.3, 0.4) is 0 Å². The number of aromatic nitrogens is 2. The predicted octanol–water partition coefficient (Wildman–Crippen LogP) is 0.996. The fourth-order valence-corrected chi connectivity index (χ4v) is 4.41. The average molecular weight is 414 g/mol. The predicted molar refractivity (Wildman–Crippen MR) is 108 cm³/mol. The zero-order valence-corrected chi connectivity index (χ0v) is 17.0. The number of fused-ring (bicyclic) bond motifs is 3. The molecule has 0 saturated heterocycles. The standard InChI is InChI=1S/C19H22N6O3S/c1-18(5-6-18)22-29-13-3-4-15-14(9-13)16(26)25(17-20-7-8-24(15)17)19(27,28)12-10-21-23(2)11-12/h3-4,9-11,22,27-28H,5-8H2,1-2H3. The van der Waals surface area contributed by atoms with Gasteiger partial charge in [0.2, 0.25) is 5.96 Å². The molecule has 0 bridgehead atoms. The molecule has 9 nitrogen and oxygen atoms in total. The number of carbonyl (C=O) groups is 1. The molecule has 3 heterocycles. The van der Waals surface area contributed by atoms with Gasteiger partial charge in [-0.1, -0.05) is 0 Å². The molecule has 1 aromatic heterocycles. The number of guanidine groups is 1. The molecular weight excluding hydrogens is 392 g/mol. The highest BCUT2D eigenvalue weighted by atomic mass is 32.2. The summed E-state index contributed by atoms with van der Waals surface area (Å²) in [6.07, 6.45) is 5.06. The van der Waals surface area contributed by atoms with Crippen molar-refractivity contribution in [2.75, 3.05) is 18.0 Å². The molecule has 29 heavy (non-hydrogen) atoms. The lowest BCUT2D eigenvalue weighted by molar-refractivity contribution is -0.234. The first-order valence-electron chi connectivity index (χ1n) is 9.47. The molecule has 0 atom stereocenters. The first kappa shape index (κ1) is 18.6. The Bertz CT molecular complexity index is 1030. The van der Waals surface area contributed by atoms with Crippen molar-refractivity contribution in [3.05, 3.63) is 41.7 Å². The summed E-state index contributed by atoms with van der Waals surface area (Å²) in [5.41, 5.74) is 1.39. The van der Waals surface area contributed by atoms with E-state index in [-0.39, 0.29) is 17.1 Å². The molecule has 2 aliphatic heterocycles. The van der Waals surface area contributed by atoms with Crippen molar-refractivity contribution in [1.29, 1.82) is 0 Å². The first-order chi connectivity index (χ1) is 13.8. The molecule has 3 N–H and O–H groups in total. The zero-order chi connectivity index (χ0) is 20.4. The number of amides is 1. The van der Waals surface area contributed by atoms with Crippen LogP contribution in [0.25, 0.3) is 0 Å². The smallest absolute Gasteiger partial charge is 0.287 e. The van der Waals surface area contributed by atoms with Crippen LogP contribution in [0, 0.1) is 0 Å². The topological polar surface area (TPSA) is 106 Å². The molecule has 1 fully saturated rings. The van der Waals surface area contributed by atoms with E-state index in [1.165, 1.54) is 29.0 Å². The van der Waals surface area contributed by atoms with Gasteiger partial charge in [-0.25, -0.2) is 4.90 Å². The first-order valence-corrected chi connectivity index (χ1v) is 10.3. The van der Waals surface area contributed by atoms with E-state index in [9.17, 15) is 15.0 Å². The number of carbonyl (C=O) groups excluding carboxylic acids is 1. The molecule has 1 saturated carbocycles. The second-order valence-electron chi connectivity index (χ2n) is 7.96. The van der Waals surface area contributed by atoms with Crippen LogP contribution in [-0.2, 0) is 13.0 Å². The van der Waals surface area contributed by atoms with Crippen molar-refractivity contribution in [2.45, 2.75) is 36.1 Å². The number of benzene rings is 1. The van der Waals surface area contributed by atoms with E-state index in [0.29, 0.717) is 18.7 Å². The van der Waals surface area contributed by atoms with Crippen LogP contribution in [0.5, 0.6) is 0 Å². The molecule has 0 radical (unpaired) electrons. The third-order valence-corrected chi connectivity index (χ3v) is 6.61. The quantitative estimate of drug-likeness (QED) is 0.495. The number of aliphatic hydroxyl groups is 2. The van der Waals surface area contributed by atoms with Crippen LogP contribution < -0.4 is 9.62 Å². The van der Waals surface area contributed by atoms with Crippen molar-refractivity contribution in [1.82, 2.24) is 19.4 Å². The third kappa shape index (κ3) is 3.03. The Hall–Kier alpha value is -2.40. The second-order valence-corrected chi connectivity index (χ2v) is 8.84. The summed E-state index contributed by atoms with van der Waals surface area (Å²) in [4.78, 5) is 21.5. The van der Waals surface area contributed by atoms with Crippen LogP contribution in [0.4, 0.5) is 5.69 Å². The summed E-state index contributed by atoms with van der Waals surface area (Å²) in [6, 6.07) is 5.65. The molecule has 0 spiro atoms. The van der Waals surface area contributed by atoms with Crippen molar-refractivity contribution < 1.29 is 15.0 Å². The number of anilines is 1. The van der Waals surface area contributed by atoms with Crippen LogP contribution in [0.1, 0.15) is 35.7 Å². The molecule has 152 valence electrons. The highest BCUT2D eigenvalue weighted by molar-refractivity contribution is 7.97. The molecular formula is C19H22N6O3S. The van der Waals surface area contributed by atoms with Crippen molar-refractivity contribution in [3.8, 4) is 0 Å². The Morgan fingerprint density at radius 3 is 2.79 bits per heavy atom. The Morgan fingerprint density at radius 2 is 2.10 bits per heavy atom. The minimum atomic E-state index is -2.56. The number of aryl methyl sites for hydroxylation is 1. The fraction of sp³-hybridized carbons (Fsp3) is 0.421. The molecule has 1 amide bonds. The van der Waals surface area contributed by atoms with Gasteiger partial charge in [0.1, 0.15) is 0 Å². The van der Waals surface area contributed by atoms with E-state index in [2.05, 4.69) is 21.7 Å². The maximum absolute atomic E-state index is 13.4. The lowest BCUT2D eigenvalue weighted by Crippen LogP contribution is -2.59. The maximum atomic E-state index is 13.4. The number of hydrogen-bond donors (Lipinski definition) is 3. The summed E-state index contributed by atoms with van der Waals surface area (Å²) in [5.74, 6) is -2.83. The number of hydrogen-bond acceptors (Lipinski definition) is 8. The Labute approximate surface area is 172 Å². The number of aliphatic imine (C=N–C) groups is 1. The van der Waals surface area contributed by atoms with Crippen molar-refractivity contribution in [3.63, 3.8) is 0 Å². The van der Waals surface area contributed by atoms with Gasteiger partial charge in [0.15, 0.2) is 0 Å². The maximum Gasteiger partial charge on any atom is 0.287 e. The molecule has 10 heteroatoms. The molecule has 3 aliphatic rings. The third-order valence-electron chi connectivity index (χ3n) is 5.53. The summed E-state index contributed by atoms with van der Waals surface area (Å²) in [6.45, 7) is 3.20. The molecule has 2 aromatic rings. The van der Waals surface area contributed by atoms with Gasteiger partial charge in [-0.15, -0.1) is 0 Å². The van der Waals surface area contributed by atoms with Gasteiger partial charge >= 0.3 is 0 Å². The van der Waals surface area contributed by atoms with Crippen LogP contribution >= 0.6 is 11.9 Å². The number of nitrogens with one attached hydrogen (secondary N) is 1. The monoisotopic (exact) mass is 414 g/mol. The van der Waals surface area contributed by atoms with Gasteiger partial charge in [0.25, 0.3) is 11.8 Å². The van der Waals surface area contributed by atoms with E-state index < -0.39 is 11.8 Å². The van der Waals surface area contributed by atoms with Gasteiger partial charge in [-0.2, -0.15) is 5.10 Å². The van der Waals surface area contributed by atoms with E-state index in [4.69, 9.17) is 0 Å². The van der Waals surface area contributed by atoms with Crippen LogP contribution in [0.15, 0.2) is 40.5 Å². The summed E-state index contributed by atoms with van der Waals surface area (Å²) >= 11 is 1.49. The van der Waals surface area contributed by atoms with E-state index in [1.807, 2.05) is 17.0 Å². The zero-order valence-electron chi connectivity index (χ0n) is 16.2. The number of nitrogens with zero attached hydrogens (tertiary/aromatic N) is 5. The lowest BCUT2D eigenvalue weighted by atomic mass is 10.1. The van der Waals surface area contributed by atoms with E-state index >= 15 is 0 Å². The van der Waals surface area contributed by atoms with E-state index in [1.54, 1.807) is 13.1 Å². The minimum absolute atomic E-state index is 0.0974. The highest BCUT2D eigenvalue weighted by Gasteiger charge is 2.49. The van der Waals surface area contributed by atoms with E-state index in [0.717, 1.165) is 28.3 Å². The van der Waals surface area contributed by atoms with Crippen molar-refractivity contribution in [2.24, 2.45) is 12.0 Å². The second kappa shape index (κ2) is 6.30. The molecule has 1 aromatic carbocycles. The van der Waals surface area contributed by atoms with Gasteiger partial charge in [-0.3, -0.25) is 19.2 Å². The van der Waals surface area contributed by atoms with Gasteiger partial charge in [-0.05, 0) is 49.9 Å². The van der Waals surface area contributed by atoms with Gasteiger partial charge < -0.3 is 15.1 Å². The van der Waals surface area contributed by atoms with Crippen LogP contribution in [0.2, 0.25) is 0 Å². The number of rotatable bonds is 5.